The maximum Gasteiger partial charge on any atom is 0.361 e. The number of rotatable bonds is 9. The van der Waals surface area contributed by atoms with Gasteiger partial charge in [-0.15, -0.1) is 0 Å². The molecule has 0 heterocycles. The third kappa shape index (κ3) is 7.77. The lowest BCUT2D eigenvalue weighted by molar-refractivity contribution is 0.201. The van der Waals surface area contributed by atoms with E-state index in [1.165, 1.54) is 19.3 Å². The van der Waals surface area contributed by atoms with Gasteiger partial charge in [-0.05, 0) is 38.9 Å². The Morgan fingerprint density at radius 2 is 1.60 bits per heavy atom. The van der Waals surface area contributed by atoms with E-state index in [0.29, 0.717) is 0 Å². The second-order valence-corrected chi connectivity index (χ2v) is 6.72. The molecule has 0 aromatic rings. The van der Waals surface area contributed by atoms with E-state index in [4.69, 9.17) is 8.85 Å². The molecule has 0 spiro atoms. The van der Waals surface area contributed by atoms with Crippen LogP contribution >= 0.6 is 0 Å². The van der Waals surface area contributed by atoms with Crippen molar-refractivity contribution < 1.29 is 8.85 Å². The molecule has 0 atom stereocenters. The van der Waals surface area contributed by atoms with E-state index in [0.717, 1.165) is 19.6 Å². The Hall–Kier alpha value is -0.123. The van der Waals surface area contributed by atoms with Crippen LogP contribution in [0, 0.1) is 0 Å². The van der Waals surface area contributed by atoms with E-state index < -0.39 is 8.56 Å². The standard InChI is InChI=1S/C12H26O2Si/c1-5-8-9-10-11-12-15(4,13-6-2)14-7-3/h11-12H,5-10H2,1-4H3/b12-11+. The minimum atomic E-state index is -1.99. The molecule has 90 valence electrons. The van der Waals surface area contributed by atoms with Crippen molar-refractivity contribution in [1.82, 2.24) is 0 Å². The van der Waals surface area contributed by atoms with Crippen molar-refractivity contribution in [1.29, 1.82) is 0 Å². The van der Waals surface area contributed by atoms with Gasteiger partial charge in [-0.1, -0.05) is 25.8 Å². The predicted molar refractivity (Wildman–Crippen MR) is 68.2 cm³/mol. The summed E-state index contributed by atoms with van der Waals surface area (Å²) in [5.74, 6) is 0. The van der Waals surface area contributed by atoms with Crippen LogP contribution in [0.15, 0.2) is 11.8 Å². The molecule has 0 radical (unpaired) electrons. The summed E-state index contributed by atoms with van der Waals surface area (Å²) >= 11 is 0. The molecule has 2 nitrogen and oxygen atoms in total. The van der Waals surface area contributed by atoms with Crippen LogP contribution in [0.3, 0.4) is 0 Å². The van der Waals surface area contributed by atoms with Crippen LogP contribution in [-0.4, -0.2) is 21.8 Å². The largest absolute Gasteiger partial charge is 0.392 e. The summed E-state index contributed by atoms with van der Waals surface area (Å²) in [6.07, 6.45) is 7.24. The minimum absolute atomic E-state index is 0.738. The van der Waals surface area contributed by atoms with Gasteiger partial charge in [0.1, 0.15) is 0 Å². The summed E-state index contributed by atoms with van der Waals surface area (Å²) in [4.78, 5) is 0. The fourth-order valence-electron chi connectivity index (χ4n) is 1.52. The summed E-state index contributed by atoms with van der Waals surface area (Å²) in [6.45, 7) is 9.85. The van der Waals surface area contributed by atoms with Gasteiger partial charge >= 0.3 is 8.56 Å². The average molecular weight is 230 g/mol. The molecule has 0 aromatic carbocycles. The summed E-state index contributed by atoms with van der Waals surface area (Å²) in [5, 5.41) is 0. The molecule has 15 heavy (non-hydrogen) atoms. The first kappa shape index (κ1) is 14.9. The van der Waals surface area contributed by atoms with Gasteiger partial charge in [0.25, 0.3) is 0 Å². The lowest BCUT2D eigenvalue weighted by Crippen LogP contribution is -2.36. The molecule has 0 saturated heterocycles. The van der Waals surface area contributed by atoms with Gasteiger partial charge in [-0.3, -0.25) is 0 Å². The first-order valence-corrected chi connectivity index (χ1v) is 8.53. The van der Waals surface area contributed by atoms with Gasteiger partial charge in [0, 0.05) is 13.2 Å². The van der Waals surface area contributed by atoms with Crippen LogP contribution in [0.25, 0.3) is 0 Å². The normalized spacial score (nSPS) is 12.5. The van der Waals surface area contributed by atoms with E-state index >= 15 is 0 Å². The van der Waals surface area contributed by atoms with E-state index in [2.05, 4.69) is 25.2 Å². The Kier molecular flexibility index (Phi) is 9.05. The molecule has 0 aromatic heterocycles. The molecule has 0 amide bonds. The smallest absolute Gasteiger partial charge is 0.361 e. The average Bonchev–Trinajstić information content (AvgIpc) is 2.18. The third-order valence-corrected chi connectivity index (χ3v) is 4.82. The molecule has 0 aliphatic carbocycles. The fraction of sp³-hybridized carbons (Fsp3) is 0.833. The Morgan fingerprint density at radius 1 is 1.00 bits per heavy atom. The van der Waals surface area contributed by atoms with Crippen LogP contribution in [0.5, 0.6) is 0 Å². The first-order chi connectivity index (χ1) is 7.18. The van der Waals surface area contributed by atoms with Crippen LogP contribution in [-0.2, 0) is 8.85 Å². The number of unbranched alkanes of at least 4 members (excludes halogenated alkanes) is 3. The summed E-state index contributed by atoms with van der Waals surface area (Å²) in [5.41, 5.74) is 2.18. The van der Waals surface area contributed by atoms with Crippen molar-refractivity contribution in [3.8, 4) is 0 Å². The monoisotopic (exact) mass is 230 g/mol. The summed E-state index contributed by atoms with van der Waals surface area (Å²) in [6, 6.07) is 0. The molecule has 0 aliphatic heterocycles. The minimum Gasteiger partial charge on any atom is -0.392 e. The molecule has 0 bridgehead atoms. The highest BCUT2D eigenvalue weighted by Gasteiger charge is 2.26. The molecule has 0 aliphatic rings. The molecule has 0 rings (SSSR count). The zero-order valence-electron chi connectivity index (χ0n) is 10.7. The quantitative estimate of drug-likeness (QED) is 0.443. The van der Waals surface area contributed by atoms with Gasteiger partial charge in [0.05, 0.1) is 0 Å². The second kappa shape index (κ2) is 9.13. The lowest BCUT2D eigenvalue weighted by atomic mass is 10.2. The van der Waals surface area contributed by atoms with E-state index in [9.17, 15) is 0 Å². The highest BCUT2D eigenvalue weighted by atomic mass is 28.4. The van der Waals surface area contributed by atoms with E-state index in [1.807, 2.05) is 13.8 Å². The molecular formula is C12H26O2Si. The lowest BCUT2D eigenvalue weighted by Gasteiger charge is -2.22. The van der Waals surface area contributed by atoms with Crippen molar-refractivity contribution in [2.45, 2.75) is 53.0 Å². The van der Waals surface area contributed by atoms with Crippen molar-refractivity contribution in [2.24, 2.45) is 0 Å². The Bertz CT molecular complexity index is 163. The number of allylic oxidation sites excluding steroid dienone is 1. The highest BCUT2D eigenvalue weighted by Crippen LogP contribution is 2.10. The van der Waals surface area contributed by atoms with Gasteiger partial charge in [-0.2, -0.15) is 0 Å². The summed E-state index contributed by atoms with van der Waals surface area (Å²) < 4.78 is 11.4. The van der Waals surface area contributed by atoms with Crippen molar-refractivity contribution >= 4 is 8.56 Å². The Morgan fingerprint density at radius 3 is 2.07 bits per heavy atom. The molecule has 0 N–H and O–H groups in total. The van der Waals surface area contributed by atoms with Crippen molar-refractivity contribution in [3.63, 3.8) is 0 Å². The van der Waals surface area contributed by atoms with Crippen molar-refractivity contribution in [2.75, 3.05) is 13.2 Å². The molecule has 0 fully saturated rings. The topological polar surface area (TPSA) is 18.5 Å². The molecular weight excluding hydrogens is 204 g/mol. The Balaban J connectivity index is 3.92. The maximum absolute atomic E-state index is 5.71. The molecule has 0 unspecified atom stereocenters. The van der Waals surface area contributed by atoms with Crippen LogP contribution in [0.4, 0.5) is 0 Å². The first-order valence-electron chi connectivity index (χ1n) is 6.14. The molecule has 0 saturated carbocycles. The SMILES string of the molecule is CCCCC/C=C/[Si](C)(OCC)OCC. The summed E-state index contributed by atoms with van der Waals surface area (Å²) in [7, 11) is -1.99. The van der Waals surface area contributed by atoms with E-state index in [-0.39, 0.29) is 0 Å². The number of hydrogen-bond acceptors (Lipinski definition) is 2. The van der Waals surface area contributed by atoms with Gasteiger partial charge < -0.3 is 8.85 Å². The van der Waals surface area contributed by atoms with Crippen LogP contribution in [0.2, 0.25) is 6.55 Å². The predicted octanol–water partition coefficient (Wildman–Crippen LogP) is 3.81. The van der Waals surface area contributed by atoms with Crippen LogP contribution < -0.4 is 0 Å². The molecule has 3 heteroatoms. The second-order valence-electron chi connectivity index (χ2n) is 3.78. The van der Waals surface area contributed by atoms with E-state index in [1.54, 1.807) is 0 Å². The van der Waals surface area contributed by atoms with Crippen molar-refractivity contribution in [3.05, 3.63) is 11.8 Å². The zero-order valence-corrected chi connectivity index (χ0v) is 11.7. The zero-order chi connectivity index (χ0) is 11.6. The van der Waals surface area contributed by atoms with Gasteiger partial charge in [-0.25, -0.2) is 0 Å². The van der Waals surface area contributed by atoms with Gasteiger partial charge in [0.2, 0.25) is 0 Å². The third-order valence-electron chi connectivity index (χ3n) is 2.26. The van der Waals surface area contributed by atoms with Gasteiger partial charge in [0.15, 0.2) is 0 Å². The fourth-order valence-corrected chi connectivity index (χ4v) is 3.54. The Labute approximate surface area is 95.9 Å². The highest BCUT2D eigenvalue weighted by molar-refractivity contribution is 6.71. The maximum atomic E-state index is 5.71. The number of hydrogen-bond donors (Lipinski definition) is 0. The van der Waals surface area contributed by atoms with Crippen LogP contribution in [0.1, 0.15) is 46.5 Å².